The van der Waals surface area contributed by atoms with E-state index in [1.165, 1.54) is 6.42 Å². The predicted octanol–water partition coefficient (Wildman–Crippen LogP) is 2.46. The first-order chi connectivity index (χ1) is 6.70. The molecule has 2 saturated heterocycles. The molecule has 3 aliphatic rings. The first-order valence-corrected chi connectivity index (χ1v) is 5.93. The van der Waals surface area contributed by atoms with Gasteiger partial charge < -0.3 is 4.74 Å². The summed E-state index contributed by atoms with van der Waals surface area (Å²) in [5.74, 6) is 0.733. The average Bonchev–Trinajstić information content (AvgIpc) is 2.71. The van der Waals surface area contributed by atoms with Gasteiger partial charge in [0.15, 0.2) is 0 Å². The number of ketones is 1. The zero-order chi connectivity index (χ0) is 9.81. The van der Waals surface area contributed by atoms with Crippen molar-refractivity contribution in [2.24, 2.45) is 5.92 Å². The fraction of sp³-hybridized carbons (Fsp3) is 0.917. The van der Waals surface area contributed by atoms with Gasteiger partial charge in [-0.05, 0) is 38.5 Å². The Morgan fingerprint density at radius 3 is 3.00 bits per heavy atom. The molecule has 1 spiro atoms. The number of carbonyl (C=O) groups excluding carboxylic acids is 1. The first-order valence-electron chi connectivity index (χ1n) is 5.93. The van der Waals surface area contributed by atoms with Crippen LogP contribution in [-0.2, 0) is 9.53 Å². The Balaban J connectivity index is 1.96. The van der Waals surface area contributed by atoms with Crippen molar-refractivity contribution in [2.45, 2.75) is 63.1 Å². The Morgan fingerprint density at radius 2 is 2.29 bits per heavy atom. The number of hydrogen-bond donors (Lipinski definition) is 0. The molecule has 78 valence electrons. The Labute approximate surface area is 85.0 Å². The maximum absolute atomic E-state index is 11.8. The largest absolute Gasteiger partial charge is 0.368 e. The van der Waals surface area contributed by atoms with Crippen molar-refractivity contribution in [1.29, 1.82) is 0 Å². The van der Waals surface area contributed by atoms with E-state index in [0.717, 1.165) is 38.5 Å². The van der Waals surface area contributed by atoms with Crippen LogP contribution < -0.4 is 0 Å². The Bertz CT molecular complexity index is 286. The second kappa shape index (κ2) is 2.60. The van der Waals surface area contributed by atoms with E-state index in [1.54, 1.807) is 0 Å². The van der Waals surface area contributed by atoms with Crippen LogP contribution in [0.25, 0.3) is 0 Å². The van der Waals surface area contributed by atoms with Gasteiger partial charge in [-0.1, -0.05) is 6.92 Å². The molecule has 0 radical (unpaired) electrons. The highest BCUT2D eigenvalue weighted by Gasteiger charge is 2.62. The quantitative estimate of drug-likeness (QED) is 0.641. The van der Waals surface area contributed by atoms with E-state index in [-0.39, 0.29) is 17.1 Å². The van der Waals surface area contributed by atoms with Gasteiger partial charge >= 0.3 is 0 Å². The molecule has 0 N–H and O–H groups in total. The maximum atomic E-state index is 11.8. The average molecular weight is 194 g/mol. The van der Waals surface area contributed by atoms with E-state index in [4.69, 9.17) is 4.74 Å². The molecule has 0 aromatic carbocycles. The normalized spacial score (nSPS) is 50.9. The number of rotatable bonds is 1. The van der Waals surface area contributed by atoms with E-state index < -0.39 is 0 Å². The molecular formula is C12H18O2. The molecule has 1 aliphatic carbocycles. The van der Waals surface area contributed by atoms with Crippen molar-refractivity contribution in [1.82, 2.24) is 0 Å². The third-order valence-electron chi connectivity index (χ3n) is 4.69. The van der Waals surface area contributed by atoms with Gasteiger partial charge in [-0.15, -0.1) is 0 Å². The number of ether oxygens (including phenoxy) is 1. The highest BCUT2D eigenvalue weighted by Crippen LogP contribution is 2.59. The van der Waals surface area contributed by atoms with Gasteiger partial charge in [0.1, 0.15) is 5.78 Å². The van der Waals surface area contributed by atoms with Crippen molar-refractivity contribution in [3.63, 3.8) is 0 Å². The summed E-state index contributed by atoms with van der Waals surface area (Å²) in [5.41, 5.74) is 0.0794. The summed E-state index contributed by atoms with van der Waals surface area (Å²) in [6.45, 7) is 2.20. The van der Waals surface area contributed by atoms with Crippen molar-refractivity contribution in [2.75, 3.05) is 0 Å². The molecule has 0 aromatic rings. The number of Topliss-reactive ketones (excluding diaryl/α,β-unsaturated/α-hetero) is 1. The van der Waals surface area contributed by atoms with Crippen LogP contribution in [0.5, 0.6) is 0 Å². The molecule has 2 heterocycles. The van der Waals surface area contributed by atoms with Crippen LogP contribution >= 0.6 is 0 Å². The molecule has 2 bridgehead atoms. The maximum Gasteiger partial charge on any atom is 0.138 e. The molecule has 3 fully saturated rings. The van der Waals surface area contributed by atoms with Crippen molar-refractivity contribution in [3.05, 3.63) is 0 Å². The topological polar surface area (TPSA) is 26.3 Å². The van der Waals surface area contributed by atoms with Gasteiger partial charge in [0.2, 0.25) is 0 Å². The minimum Gasteiger partial charge on any atom is -0.368 e. The molecule has 3 atom stereocenters. The van der Waals surface area contributed by atoms with Crippen LogP contribution in [0.2, 0.25) is 0 Å². The van der Waals surface area contributed by atoms with E-state index in [0.29, 0.717) is 5.78 Å². The molecule has 3 rings (SSSR count). The fourth-order valence-corrected chi connectivity index (χ4v) is 3.81. The summed E-state index contributed by atoms with van der Waals surface area (Å²) in [7, 11) is 0. The Morgan fingerprint density at radius 1 is 1.43 bits per heavy atom. The smallest absolute Gasteiger partial charge is 0.138 e. The Hall–Kier alpha value is -0.370. The van der Waals surface area contributed by atoms with Crippen molar-refractivity contribution < 1.29 is 9.53 Å². The fourth-order valence-electron chi connectivity index (χ4n) is 3.81. The van der Waals surface area contributed by atoms with E-state index in [9.17, 15) is 4.79 Å². The van der Waals surface area contributed by atoms with E-state index >= 15 is 0 Å². The lowest BCUT2D eigenvalue weighted by molar-refractivity contribution is -0.134. The minimum absolute atomic E-state index is 0.00859. The lowest BCUT2D eigenvalue weighted by Crippen LogP contribution is -2.42. The lowest BCUT2D eigenvalue weighted by Gasteiger charge is -2.35. The molecule has 2 nitrogen and oxygen atoms in total. The summed E-state index contributed by atoms with van der Waals surface area (Å²) >= 11 is 0. The lowest BCUT2D eigenvalue weighted by atomic mass is 9.66. The summed E-state index contributed by atoms with van der Waals surface area (Å²) in [5, 5.41) is 0. The summed E-state index contributed by atoms with van der Waals surface area (Å²) in [6, 6.07) is 0. The van der Waals surface area contributed by atoms with Crippen molar-refractivity contribution in [3.8, 4) is 0 Å². The zero-order valence-corrected chi connectivity index (χ0v) is 8.84. The van der Waals surface area contributed by atoms with Gasteiger partial charge in [0.25, 0.3) is 0 Å². The number of carbonyl (C=O) groups is 1. The van der Waals surface area contributed by atoms with Crippen LogP contribution in [0, 0.1) is 5.92 Å². The summed E-state index contributed by atoms with van der Waals surface area (Å²) in [4.78, 5) is 11.8. The predicted molar refractivity (Wildman–Crippen MR) is 53.0 cm³/mol. The first kappa shape index (κ1) is 8.90. The van der Waals surface area contributed by atoms with E-state index in [1.807, 2.05) is 0 Å². The van der Waals surface area contributed by atoms with E-state index in [2.05, 4.69) is 6.92 Å². The summed E-state index contributed by atoms with van der Waals surface area (Å²) in [6.07, 6.45) is 7.40. The molecule has 2 heteroatoms. The van der Waals surface area contributed by atoms with Crippen molar-refractivity contribution >= 4 is 5.78 Å². The molecule has 0 amide bonds. The second-order valence-electron chi connectivity index (χ2n) is 5.28. The molecule has 14 heavy (non-hydrogen) atoms. The monoisotopic (exact) mass is 194 g/mol. The van der Waals surface area contributed by atoms with Crippen LogP contribution in [0.1, 0.15) is 51.9 Å². The third-order valence-corrected chi connectivity index (χ3v) is 4.69. The molecule has 0 unspecified atom stereocenters. The second-order valence-corrected chi connectivity index (χ2v) is 5.28. The van der Waals surface area contributed by atoms with Crippen LogP contribution in [0.3, 0.4) is 0 Å². The summed E-state index contributed by atoms with van der Waals surface area (Å²) < 4.78 is 6.25. The highest BCUT2D eigenvalue weighted by atomic mass is 16.5. The van der Waals surface area contributed by atoms with Crippen LogP contribution in [0.15, 0.2) is 0 Å². The number of fused-ring (bicyclic) bond motifs is 1. The van der Waals surface area contributed by atoms with Gasteiger partial charge in [0.05, 0.1) is 11.2 Å². The van der Waals surface area contributed by atoms with Gasteiger partial charge in [-0.25, -0.2) is 0 Å². The molecular weight excluding hydrogens is 176 g/mol. The molecule has 0 aromatic heterocycles. The SMILES string of the molecule is CC[C@]12CC[C@]3(CCCC(=O)[C@H]3C1)O2. The number of hydrogen-bond acceptors (Lipinski definition) is 2. The zero-order valence-electron chi connectivity index (χ0n) is 8.84. The third kappa shape index (κ3) is 0.928. The molecule has 2 aliphatic heterocycles. The van der Waals surface area contributed by atoms with Crippen LogP contribution in [-0.4, -0.2) is 17.0 Å². The highest BCUT2D eigenvalue weighted by molar-refractivity contribution is 5.83. The standard InChI is InChI=1S/C12H18O2/c1-2-11-6-7-12(14-11)5-3-4-10(13)9(12)8-11/h9H,2-8H2,1H3/t9-,11+,12+/m1/s1. The Kier molecular flexibility index (Phi) is 1.65. The van der Waals surface area contributed by atoms with Gasteiger partial charge in [-0.3, -0.25) is 4.79 Å². The van der Waals surface area contributed by atoms with Crippen LogP contribution in [0.4, 0.5) is 0 Å². The molecule has 1 saturated carbocycles. The van der Waals surface area contributed by atoms with Gasteiger partial charge in [-0.2, -0.15) is 0 Å². The minimum atomic E-state index is -0.00859. The van der Waals surface area contributed by atoms with Gasteiger partial charge in [0, 0.05) is 12.3 Å².